The third-order valence-electron chi connectivity index (χ3n) is 3.72. The van der Waals surface area contributed by atoms with E-state index >= 15 is 0 Å². The molecule has 2 aliphatic rings. The van der Waals surface area contributed by atoms with Gasteiger partial charge in [0.15, 0.2) is 0 Å². The molecule has 0 unspecified atom stereocenters. The SMILES string of the molecule is CC(C)OCC1(CN2CCOC[C@H]2C)CC1. The second kappa shape index (κ2) is 5.03. The summed E-state index contributed by atoms with van der Waals surface area (Å²) in [6.45, 7) is 11.5. The zero-order valence-electron chi connectivity index (χ0n) is 10.9. The number of nitrogens with zero attached hydrogens (tertiary/aromatic N) is 1. The van der Waals surface area contributed by atoms with Gasteiger partial charge in [-0.25, -0.2) is 0 Å². The van der Waals surface area contributed by atoms with Crippen LogP contribution >= 0.6 is 0 Å². The van der Waals surface area contributed by atoms with Crippen molar-refractivity contribution in [2.45, 2.75) is 45.8 Å². The minimum Gasteiger partial charge on any atom is -0.379 e. The van der Waals surface area contributed by atoms with E-state index in [0.717, 1.165) is 26.4 Å². The topological polar surface area (TPSA) is 21.7 Å². The summed E-state index contributed by atoms with van der Waals surface area (Å²) in [5, 5.41) is 0. The van der Waals surface area contributed by atoms with Crippen molar-refractivity contribution < 1.29 is 9.47 Å². The van der Waals surface area contributed by atoms with E-state index < -0.39 is 0 Å². The highest BCUT2D eigenvalue weighted by Gasteiger charge is 2.45. The molecule has 0 spiro atoms. The molecular formula is C13H25NO2. The Morgan fingerprint density at radius 3 is 2.75 bits per heavy atom. The van der Waals surface area contributed by atoms with Crippen LogP contribution in [-0.4, -0.2) is 50.0 Å². The molecule has 0 N–H and O–H groups in total. The van der Waals surface area contributed by atoms with E-state index in [-0.39, 0.29) is 0 Å². The van der Waals surface area contributed by atoms with E-state index in [1.807, 2.05) is 0 Å². The molecule has 0 aromatic heterocycles. The standard InChI is InChI=1S/C13H25NO2/c1-11(2)16-10-13(4-5-13)9-14-6-7-15-8-12(14)3/h11-12H,4-10H2,1-3H3/t12-/m1/s1. The summed E-state index contributed by atoms with van der Waals surface area (Å²) in [6, 6.07) is 0.574. The number of morpholine rings is 1. The zero-order chi connectivity index (χ0) is 11.6. The molecule has 1 atom stereocenters. The minimum atomic E-state index is 0.361. The summed E-state index contributed by atoms with van der Waals surface area (Å²) in [7, 11) is 0. The van der Waals surface area contributed by atoms with E-state index in [1.54, 1.807) is 0 Å². The van der Waals surface area contributed by atoms with Gasteiger partial charge in [-0.3, -0.25) is 4.90 Å². The van der Waals surface area contributed by atoms with Gasteiger partial charge in [-0.05, 0) is 33.6 Å². The van der Waals surface area contributed by atoms with Gasteiger partial charge in [-0.15, -0.1) is 0 Å². The summed E-state index contributed by atoms with van der Waals surface area (Å²) >= 11 is 0. The maximum absolute atomic E-state index is 5.79. The van der Waals surface area contributed by atoms with Gasteiger partial charge in [0, 0.05) is 24.5 Å². The van der Waals surface area contributed by atoms with Crippen LogP contribution < -0.4 is 0 Å². The number of ether oxygens (including phenoxy) is 2. The molecule has 1 saturated carbocycles. The van der Waals surface area contributed by atoms with Crippen molar-refractivity contribution in [3.05, 3.63) is 0 Å². The van der Waals surface area contributed by atoms with Crippen LogP contribution in [0.4, 0.5) is 0 Å². The van der Waals surface area contributed by atoms with Crippen LogP contribution in [0, 0.1) is 5.41 Å². The van der Waals surface area contributed by atoms with Crippen LogP contribution in [-0.2, 0) is 9.47 Å². The Hall–Kier alpha value is -0.120. The molecule has 0 radical (unpaired) electrons. The number of hydrogen-bond donors (Lipinski definition) is 0. The van der Waals surface area contributed by atoms with Gasteiger partial charge in [-0.2, -0.15) is 0 Å². The van der Waals surface area contributed by atoms with Crippen LogP contribution in [0.3, 0.4) is 0 Å². The van der Waals surface area contributed by atoms with Gasteiger partial charge in [0.05, 0.1) is 25.9 Å². The first kappa shape index (κ1) is 12.3. The largest absolute Gasteiger partial charge is 0.379 e. The first-order valence-corrected chi connectivity index (χ1v) is 6.55. The van der Waals surface area contributed by atoms with Crippen molar-refractivity contribution in [2.24, 2.45) is 5.41 Å². The highest BCUT2D eigenvalue weighted by atomic mass is 16.5. The third-order valence-corrected chi connectivity index (χ3v) is 3.72. The molecule has 0 aromatic rings. The van der Waals surface area contributed by atoms with Gasteiger partial charge in [-0.1, -0.05) is 0 Å². The van der Waals surface area contributed by atoms with Gasteiger partial charge >= 0.3 is 0 Å². The van der Waals surface area contributed by atoms with Crippen molar-refractivity contribution in [1.82, 2.24) is 4.90 Å². The predicted molar refractivity (Wildman–Crippen MR) is 64.6 cm³/mol. The lowest BCUT2D eigenvalue weighted by atomic mass is 10.1. The minimum absolute atomic E-state index is 0.361. The van der Waals surface area contributed by atoms with Crippen molar-refractivity contribution in [1.29, 1.82) is 0 Å². The fourth-order valence-electron chi connectivity index (χ4n) is 2.30. The molecular weight excluding hydrogens is 202 g/mol. The molecule has 3 heteroatoms. The number of hydrogen-bond acceptors (Lipinski definition) is 3. The Kier molecular flexibility index (Phi) is 3.88. The monoisotopic (exact) mass is 227 g/mol. The quantitative estimate of drug-likeness (QED) is 0.716. The fourth-order valence-corrected chi connectivity index (χ4v) is 2.30. The fraction of sp³-hybridized carbons (Fsp3) is 1.00. The predicted octanol–water partition coefficient (Wildman–Crippen LogP) is 1.91. The molecule has 0 bridgehead atoms. The molecule has 1 heterocycles. The van der Waals surface area contributed by atoms with Crippen molar-refractivity contribution in [2.75, 3.05) is 32.9 Å². The molecule has 3 nitrogen and oxygen atoms in total. The average Bonchev–Trinajstić information content (AvgIpc) is 3.00. The highest BCUT2D eigenvalue weighted by Crippen LogP contribution is 2.47. The lowest BCUT2D eigenvalue weighted by molar-refractivity contribution is -0.0259. The van der Waals surface area contributed by atoms with E-state index in [1.165, 1.54) is 19.4 Å². The van der Waals surface area contributed by atoms with Gasteiger partial charge in [0.1, 0.15) is 0 Å². The average molecular weight is 227 g/mol. The Morgan fingerprint density at radius 2 is 2.19 bits per heavy atom. The molecule has 2 fully saturated rings. The van der Waals surface area contributed by atoms with Gasteiger partial charge in [0.25, 0.3) is 0 Å². The molecule has 1 aliphatic carbocycles. The molecule has 0 amide bonds. The molecule has 16 heavy (non-hydrogen) atoms. The highest BCUT2D eigenvalue weighted by molar-refractivity contribution is 4.96. The number of rotatable bonds is 5. The van der Waals surface area contributed by atoms with Gasteiger partial charge < -0.3 is 9.47 Å². The smallest absolute Gasteiger partial charge is 0.0619 e. The lowest BCUT2D eigenvalue weighted by Gasteiger charge is -2.36. The van der Waals surface area contributed by atoms with Crippen LogP contribution in [0.15, 0.2) is 0 Å². The van der Waals surface area contributed by atoms with Crippen LogP contribution in [0.25, 0.3) is 0 Å². The molecule has 2 rings (SSSR count). The lowest BCUT2D eigenvalue weighted by Crippen LogP contribution is -2.47. The second-order valence-corrected chi connectivity index (χ2v) is 5.75. The van der Waals surface area contributed by atoms with E-state index in [0.29, 0.717) is 17.6 Å². The Labute approximate surface area is 99.1 Å². The summed E-state index contributed by atoms with van der Waals surface area (Å²) in [5.41, 5.74) is 0.468. The third kappa shape index (κ3) is 3.19. The Balaban J connectivity index is 1.79. The van der Waals surface area contributed by atoms with Gasteiger partial charge in [0.2, 0.25) is 0 Å². The van der Waals surface area contributed by atoms with Crippen molar-refractivity contribution in [3.8, 4) is 0 Å². The molecule has 1 aliphatic heterocycles. The molecule has 94 valence electrons. The zero-order valence-corrected chi connectivity index (χ0v) is 10.9. The van der Waals surface area contributed by atoms with Crippen molar-refractivity contribution in [3.63, 3.8) is 0 Å². The molecule has 1 saturated heterocycles. The summed E-state index contributed by atoms with van der Waals surface area (Å²) in [6.07, 6.45) is 3.03. The molecule has 0 aromatic carbocycles. The Morgan fingerprint density at radius 1 is 1.44 bits per heavy atom. The Bertz CT molecular complexity index is 226. The summed E-state index contributed by atoms with van der Waals surface area (Å²) in [4.78, 5) is 2.57. The van der Waals surface area contributed by atoms with Crippen LogP contribution in [0.5, 0.6) is 0 Å². The van der Waals surface area contributed by atoms with E-state index in [2.05, 4.69) is 25.7 Å². The van der Waals surface area contributed by atoms with Crippen molar-refractivity contribution >= 4 is 0 Å². The van der Waals surface area contributed by atoms with E-state index in [4.69, 9.17) is 9.47 Å². The summed E-state index contributed by atoms with van der Waals surface area (Å²) < 4.78 is 11.3. The summed E-state index contributed by atoms with van der Waals surface area (Å²) in [5.74, 6) is 0. The van der Waals surface area contributed by atoms with E-state index in [9.17, 15) is 0 Å². The maximum Gasteiger partial charge on any atom is 0.0619 e. The maximum atomic E-state index is 5.79. The first-order chi connectivity index (χ1) is 7.61. The van der Waals surface area contributed by atoms with Crippen LogP contribution in [0.2, 0.25) is 0 Å². The second-order valence-electron chi connectivity index (χ2n) is 5.75. The first-order valence-electron chi connectivity index (χ1n) is 6.55. The normalized spacial score (nSPS) is 29.6. The van der Waals surface area contributed by atoms with Crippen LogP contribution in [0.1, 0.15) is 33.6 Å².